The van der Waals surface area contributed by atoms with Crippen LogP contribution >= 0.6 is 0 Å². The molecule has 4 nitrogen and oxygen atoms in total. The topological polar surface area (TPSA) is 63.6 Å². The van der Waals surface area contributed by atoms with Gasteiger partial charge in [-0.25, -0.2) is 0 Å². The van der Waals surface area contributed by atoms with Gasteiger partial charge in [-0.2, -0.15) is 0 Å². The number of aliphatic carboxylic acids is 1. The van der Waals surface area contributed by atoms with Gasteiger partial charge in [-0.1, -0.05) is 26.7 Å². The lowest BCUT2D eigenvalue weighted by molar-refractivity contribution is -0.164. The third-order valence-corrected chi connectivity index (χ3v) is 9.31. The van der Waals surface area contributed by atoms with Gasteiger partial charge < -0.3 is 9.84 Å². The summed E-state index contributed by atoms with van der Waals surface area (Å²) in [6, 6.07) is 0. The van der Waals surface area contributed by atoms with Crippen molar-refractivity contribution < 1.29 is 19.4 Å². The molecule has 4 fully saturated rings. The minimum Gasteiger partial charge on any atom is -0.481 e. The molecule has 0 amide bonds. The molecule has 0 aromatic rings. The molecule has 4 aliphatic carbocycles. The van der Waals surface area contributed by atoms with Crippen molar-refractivity contribution in [3.63, 3.8) is 0 Å². The van der Waals surface area contributed by atoms with E-state index >= 15 is 0 Å². The number of carboxylic acid groups (broad SMARTS) is 1. The van der Waals surface area contributed by atoms with Crippen LogP contribution in [-0.4, -0.2) is 23.1 Å². The second kappa shape index (κ2) is 7.08. The Morgan fingerprint density at radius 2 is 1.67 bits per heavy atom. The number of hydrogen-bond donors (Lipinski definition) is 1. The van der Waals surface area contributed by atoms with Gasteiger partial charge in [0.05, 0.1) is 12.8 Å². The van der Waals surface area contributed by atoms with E-state index in [1.165, 1.54) is 51.4 Å². The van der Waals surface area contributed by atoms with Crippen molar-refractivity contribution in [3.05, 3.63) is 0 Å². The Hall–Kier alpha value is -1.06. The monoisotopic (exact) mass is 376 g/mol. The van der Waals surface area contributed by atoms with Crippen LogP contribution in [0.3, 0.4) is 0 Å². The molecule has 0 unspecified atom stereocenters. The Labute approximate surface area is 163 Å². The zero-order valence-corrected chi connectivity index (χ0v) is 17.0. The number of carbonyl (C=O) groups excluding carboxylic acids is 1. The van der Waals surface area contributed by atoms with E-state index < -0.39 is 5.97 Å². The molecule has 152 valence electrons. The van der Waals surface area contributed by atoms with Crippen LogP contribution in [0.4, 0.5) is 0 Å². The van der Waals surface area contributed by atoms with Gasteiger partial charge in [0.2, 0.25) is 0 Å². The zero-order chi connectivity index (χ0) is 19.2. The van der Waals surface area contributed by atoms with E-state index in [1.54, 1.807) is 0 Å². The third-order valence-electron chi connectivity index (χ3n) is 9.31. The average molecular weight is 377 g/mol. The van der Waals surface area contributed by atoms with Crippen molar-refractivity contribution >= 4 is 11.9 Å². The molecular formula is C23H36O4. The lowest BCUT2D eigenvalue weighted by Crippen LogP contribution is -2.53. The van der Waals surface area contributed by atoms with Crippen molar-refractivity contribution in [1.82, 2.24) is 0 Å². The first-order valence-electron chi connectivity index (χ1n) is 11.3. The van der Waals surface area contributed by atoms with E-state index in [4.69, 9.17) is 9.84 Å². The number of hydrogen-bond acceptors (Lipinski definition) is 3. The van der Waals surface area contributed by atoms with Gasteiger partial charge in [-0.3, -0.25) is 9.59 Å². The van der Waals surface area contributed by atoms with Crippen LogP contribution in [0.25, 0.3) is 0 Å². The molecule has 1 N–H and O–H groups in total. The number of carbonyl (C=O) groups is 2. The molecule has 0 aromatic carbocycles. The van der Waals surface area contributed by atoms with Gasteiger partial charge in [0.1, 0.15) is 6.10 Å². The third kappa shape index (κ3) is 3.21. The molecule has 0 aliphatic heterocycles. The Morgan fingerprint density at radius 1 is 0.889 bits per heavy atom. The van der Waals surface area contributed by atoms with E-state index in [2.05, 4.69) is 13.8 Å². The summed E-state index contributed by atoms with van der Waals surface area (Å²) in [5, 5.41) is 8.80. The van der Waals surface area contributed by atoms with Crippen LogP contribution in [0, 0.1) is 34.5 Å². The maximum atomic E-state index is 12.2. The van der Waals surface area contributed by atoms with E-state index in [9.17, 15) is 9.59 Å². The Bertz CT molecular complexity index is 601. The standard InChI is InChI=1S/C23H36O4/c1-22-13-4-3-5-15(22)6-7-16-17-8-9-19(23(17,2)14-12-18(16)22)27-21(26)11-10-20(24)25/h15-19H,3-14H2,1-2H3,(H,24,25)/t15-,16-,17-,18-,19-,22-,23-/m0/s1. The summed E-state index contributed by atoms with van der Waals surface area (Å²) < 4.78 is 5.84. The molecule has 0 heterocycles. The average Bonchev–Trinajstić information content (AvgIpc) is 2.96. The largest absolute Gasteiger partial charge is 0.481 e. The first-order valence-corrected chi connectivity index (χ1v) is 11.3. The normalized spacial score (nSPS) is 46.1. The molecule has 7 atom stereocenters. The summed E-state index contributed by atoms with van der Waals surface area (Å²) in [6.45, 7) is 4.94. The number of ether oxygens (including phenoxy) is 1. The molecule has 0 aromatic heterocycles. The summed E-state index contributed by atoms with van der Waals surface area (Å²) in [6.07, 6.45) is 12.9. The van der Waals surface area contributed by atoms with Gasteiger partial charge in [0.15, 0.2) is 0 Å². The van der Waals surface area contributed by atoms with E-state index in [0.29, 0.717) is 11.3 Å². The van der Waals surface area contributed by atoms with Crippen LogP contribution < -0.4 is 0 Å². The molecule has 0 bridgehead atoms. The van der Waals surface area contributed by atoms with E-state index in [-0.39, 0.29) is 30.3 Å². The molecule has 4 aliphatic rings. The van der Waals surface area contributed by atoms with Gasteiger partial charge in [0.25, 0.3) is 0 Å². The summed E-state index contributed by atoms with van der Waals surface area (Å²) >= 11 is 0. The first-order chi connectivity index (χ1) is 12.8. The second-order valence-electron chi connectivity index (χ2n) is 10.4. The van der Waals surface area contributed by atoms with Crippen LogP contribution in [0.5, 0.6) is 0 Å². The van der Waals surface area contributed by atoms with E-state index in [0.717, 1.165) is 30.6 Å². The Kier molecular flexibility index (Phi) is 5.05. The predicted molar refractivity (Wildman–Crippen MR) is 103 cm³/mol. The molecular weight excluding hydrogens is 340 g/mol. The van der Waals surface area contributed by atoms with Crippen LogP contribution in [0.2, 0.25) is 0 Å². The zero-order valence-electron chi connectivity index (χ0n) is 17.0. The van der Waals surface area contributed by atoms with Gasteiger partial charge in [-0.15, -0.1) is 0 Å². The lowest BCUT2D eigenvalue weighted by atomic mass is 9.45. The van der Waals surface area contributed by atoms with Crippen LogP contribution in [0.15, 0.2) is 0 Å². The van der Waals surface area contributed by atoms with Crippen LogP contribution in [-0.2, 0) is 14.3 Å². The Balaban J connectivity index is 1.46. The minimum absolute atomic E-state index is 0.00160. The maximum Gasteiger partial charge on any atom is 0.306 e. The second-order valence-corrected chi connectivity index (χ2v) is 10.4. The highest BCUT2D eigenvalue weighted by atomic mass is 16.5. The molecule has 4 rings (SSSR count). The van der Waals surface area contributed by atoms with Gasteiger partial charge in [0, 0.05) is 5.41 Å². The molecule has 0 spiro atoms. The quantitative estimate of drug-likeness (QED) is 0.685. The molecule has 0 radical (unpaired) electrons. The lowest BCUT2D eigenvalue weighted by Gasteiger charge is -2.60. The van der Waals surface area contributed by atoms with Crippen molar-refractivity contribution in [2.75, 3.05) is 0 Å². The number of esters is 1. The highest BCUT2D eigenvalue weighted by molar-refractivity contribution is 5.76. The fraction of sp³-hybridized carbons (Fsp3) is 0.913. The highest BCUT2D eigenvalue weighted by Crippen LogP contribution is 2.66. The Morgan fingerprint density at radius 3 is 2.44 bits per heavy atom. The summed E-state index contributed by atoms with van der Waals surface area (Å²) in [7, 11) is 0. The smallest absolute Gasteiger partial charge is 0.306 e. The van der Waals surface area contributed by atoms with Crippen molar-refractivity contribution in [2.24, 2.45) is 34.5 Å². The summed E-state index contributed by atoms with van der Waals surface area (Å²) in [5.41, 5.74) is 0.636. The molecule has 4 heteroatoms. The minimum atomic E-state index is -0.930. The van der Waals surface area contributed by atoms with Gasteiger partial charge >= 0.3 is 11.9 Å². The van der Waals surface area contributed by atoms with Crippen molar-refractivity contribution in [3.8, 4) is 0 Å². The predicted octanol–water partition coefficient (Wildman–Crippen LogP) is 5.20. The summed E-state index contributed by atoms with van der Waals surface area (Å²) in [4.78, 5) is 22.9. The van der Waals surface area contributed by atoms with Crippen molar-refractivity contribution in [1.29, 1.82) is 0 Å². The van der Waals surface area contributed by atoms with E-state index in [1.807, 2.05) is 0 Å². The number of fused-ring (bicyclic) bond motifs is 5. The van der Waals surface area contributed by atoms with Gasteiger partial charge in [-0.05, 0) is 80.5 Å². The molecule has 0 saturated heterocycles. The van der Waals surface area contributed by atoms with Crippen molar-refractivity contribution in [2.45, 2.75) is 97.0 Å². The maximum absolute atomic E-state index is 12.2. The number of rotatable bonds is 4. The van der Waals surface area contributed by atoms with Crippen LogP contribution in [0.1, 0.15) is 90.9 Å². The number of carboxylic acids is 1. The highest BCUT2D eigenvalue weighted by Gasteiger charge is 2.60. The fourth-order valence-corrected chi connectivity index (χ4v) is 7.87. The SMILES string of the molecule is C[C@]12CCCC[C@H]1CC[C@@H]1[C@@H]2CC[C@]2(C)[C@@H](OC(=O)CCC(=O)O)CC[C@@H]12. The molecule has 27 heavy (non-hydrogen) atoms. The first kappa shape index (κ1) is 19.3. The summed E-state index contributed by atoms with van der Waals surface area (Å²) in [5.74, 6) is 2.01. The fourth-order valence-electron chi connectivity index (χ4n) is 7.87. The molecule has 4 saturated carbocycles.